The highest BCUT2D eigenvalue weighted by Crippen LogP contribution is 2.27. The third kappa shape index (κ3) is 1.52. The predicted octanol–water partition coefficient (Wildman–Crippen LogP) is 1.69. The van der Waals surface area contributed by atoms with Crippen LogP contribution in [0.2, 0.25) is 0 Å². The number of para-hydroxylation sites is 1. The second-order valence-electron chi connectivity index (χ2n) is 3.81. The normalized spacial score (nSPS) is 11.2. The summed E-state index contributed by atoms with van der Waals surface area (Å²) in [6.07, 6.45) is 1.66. The number of hydrogen-bond acceptors (Lipinski definition) is 4. The fourth-order valence-electron chi connectivity index (χ4n) is 1.91. The number of nitrogens with zero attached hydrogens (tertiary/aromatic N) is 3. The van der Waals surface area contributed by atoms with Gasteiger partial charge in [0.25, 0.3) is 0 Å². The number of aromatic nitrogens is 3. The van der Waals surface area contributed by atoms with Gasteiger partial charge >= 0.3 is 0 Å². The number of oxazole rings is 1. The topological polar surface area (TPSA) is 69.9 Å². The molecule has 0 fully saturated rings. The average molecular weight is 228 g/mol. The molecule has 0 bridgehead atoms. The number of aryl methyl sites for hydroxylation is 1. The number of benzene rings is 1. The molecule has 17 heavy (non-hydrogen) atoms. The van der Waals surface area contributed by atoms with E-state index >= 15 is 0 Å². The lowest BCUT2D eigenvalue weighted by molar-refractivity contribution is 0.507. The van der Waals surface area contributed by atoms with Crippen molar-refractivity contribution in [3.05, 3.63) is 36.4 Å². The van der Waals surface area contributed by atoms with Crippen LogP contribution < -0.4 is 5.73 Å². The molecule has 0 saturated carbocycles. The molecule has 3 rings (SSSR count). The molecule has 2 heterocycles. The Morgan fingerprint density at radius 3 is 2.94 bits per heavy atom. The standard InChI is InChI=1S/C12H12N4O/c1-16-9-5-3-2-4-8(9)12(15-16)10-7-14-11(6-13)17-10/h2-5,7H,6,13H2,1H3. The van der Waals surface area contributed by atoms with E-state index in [2.05, 4.69) is 10.1 Å². The Balaban J connectivity index is 2.23. The minimum atomic E-state index is 0.296. The number of nitrogens with two attached hydrogens (primary N) is 1. The summed E-state index contributed by atoms with van der Waals surface area (Å²) < 4.78 is 7.36. The molecular weight excluding hydrogens is 216 g/mol. The first-order valence-electron chi connectivity index (χ1n) is 5.36. The maximum Gasteiger partial charge on any atom is 0.208 e. The zero-order valence-corrected chi connectivity index (χ0v) is 9.42. The van der Waals surface area contributed by atoms with Gasteiger partial charge in [0, 0.05) is 12.4 Å². The van der Waals surface area contributed by atoms with Crippen LogP contribution in [-0.2, 0) is 13.6 Å². The van der Waals surface area contributed by atoms with E-state index in [1.807, 2.05) is 36.0 Å². The summed E-state index contributed by atoms with van der Waals surface area (Å²) in [4.78, 5) is 4.09. The molecule has 2 aromatic heterocycles. The Morgan fingerprint density at radius 1 is 1.35 bits per heavy atom. The second kappa shape index (κ2) is 3.71. The summed E-state index contributed by atoms with van der Waals surface area (Å²) in [7, 11) is 1.91. The largest absolute Gasteiger partial charge is 0.438 e. The fourth-order valence-corrected chi connectivity index (χ4v) is 1.91. The van der Waals surface area contributed by atoms with E-state index in [1.54, 1.807) is 6.20 Å². The first-order chi connectivity index (χ1) is 8.29. The Bertz CT molecular complexity index is 668. The monoisotopic (exact) mass is 228 g/mol. The van der Waals surface area contributed by atoms with Crippen molar-refractivity contribution in [3.8, 4) is 11.5 Å². The lowest BCUT2D eigenvalue weighted by Gasteiger charge is -1.91. The summed E-state index contributed by atoms with van der Waals surface area (Å²) >= 11 is 0. The van der Waals surface area contributed by atoms with E-state index in [1.165, 1.54) is 0 Å². The average Bonchev–Trinajstić information content (AvgIpc) is 2.95. The summed E-state index contributed by atoms with van der Waals surface area (Å²) in [5.41, 5.74) is 7.34. The molecule has 0 amide bonds. The van der Waals surface area contributed by atoms with Gasteiger partial charge < -0.3 is 10.2 Å². The van der Waals surface area contributed by atoms with Gasteiger partial charge in [-0.2, -0.15) is 5.10 Å². The molecule has 5 nitrogen and oxygen atoms in total. The number of hydrogen-bond donors (Lipinski definition) is 1. The van der Waals surface area contributed by atoms with Gasteiger partial charge in [-0.25, -0.2) is 4.98 Å². The maximum atomic E-state index is 5.53. The minimum Gasteiger partial charge on any atom is -0.438 e. The third-order valence-corrected chi connectivity index (χ3v) is 2.72. The van der Waals surface area contributed by atoms with Gasteiger partial charge in [0.15, 0.2) is 5.76 Å². The first kappa shape index (κ1) is 10.0. The lowest BCUT2D eigenvalue weighted by atomic mass is 10.2. The second-order valence-corrected chi connectivity index (χ2v) is 3.81. The van der Waals surface area contributed by atoms with Gasteiger partial charge in [0.05, 0.1) is 18.3 Å². The molecule has 0 saturated heterocycles. The highest BCUT2D eigenvalue weighted by Gasteiger charge is 2.13. The molecule has 0 aliphatic carbocycles. The van der Waals surface area contributed by atoms with Crippen molar-refractivity contribution >= 4 is 10.9 Å². The van der Waals surface area contributed by atoms with Gasteiger partial charge in [0.2, 0.25) is 5.89 Å². The predicted molar refractivity (Wildman–Crippen MR) is 64.1 cm³/mol. The smallest absolute Gasteiger partial charge is 0.208 e. The van der Waals surface area contributed by atoms with Gasteiger partial charge in [0.1, 0.15) is 5.69 Å². The van der Waals surface area contributed by atoms with Crippen LogP contribution in [0.25, 0.3) is 22.4 Å². The zero-order valence-electron chi connectivity index (χ0n) is 9.42. The van der Waals surface area contributed by atoms with E-state index in [9.17, 15) is 0 Å². The summed E-state index contributed by atoms with van der Waals surface area (Å²) in [5.74, 6) is 1.18. The van der Waals surface area contributed by atoms with Crippen LogP contribution in [0.15, 0.2) is 34.9 Å². The lowest BCUT2D eigenvalue weighted by Crippen LogP contribution is -1.94. The van der Waals surface area contributed by atoms with Crippen molar-refractivity contribution in [1.82, 2.24) is 14.8 Å². The summed E-state index contributed by atoms with van der Waals surface area (Å²) in [6.45, 7) is 0.296. The Labute approximate surface area is 97.9 Å². The first-order valence-corrected chi connectivity index (χ1v) is 5.36. The maximum absolute atomic E-state index is 5.53. The zero-order chi connectivity index (χ0) is 11.8. The summed E-state index contributed by atoms with van der Waals surface area (Å²) in [5, 5.41) is 5.50. The van der Waals surface area contributed by atoms with Crippen LogP contribution >= 0.6 is 0 Å². The third-order valence-electron chi connectivity index (χ3n) is 2.72. The molecule has 1 aromatic carbocycles. The molecule has 0 spiro atoms. The molecule has 0 unspecified atom stereocenters. The van der Waals surface area contributed by atoms with Crippen molar-refractivity contribution in [2.45, 2.75) is 6.54 Å². The fraction of sp³-hybridized carbons (Fsp3) is 0.167. The van der Waals surface area contributed by atoms with Crippen LogP contribution in [0, 0.1) is 0 Å². The van der Waals surface area contributed by atoms with Crippen molar-refractivity contribution in [3.63, 3.8) is 0 Å². The van der Waals surface area contributed by atoms with E-state index in [-0.39, 0.29) is 0 Å². The number of fused-ring (bicyclic) bond motifs is 1. The van der Waals surface area contributed by atoms with Crippen LogP contribution in [-0.4, -0.2) is 14.8 Å². The van der Waals surface area contributed by atoms with E-state index in [0.29, 0.717) is 18.2 Å². The van der Waals surface area contributed by atoms with Gasteiger partial charge in [-0.1, -0.05) is 18.2 Å². The molecule has 5 heteroatoms. The van der Waals surface area contributed by atoms with Crippen LogP contribution in [0.3, 0.4) is 0 Å². The van der Waals surface area contributed by atoms with Gasteiger partial charge in [-0.15, -0.1) is 0 Å². The molecular formula is C12H12N4O. The molecule has 0 atom stereocenters. The van der Waals surface area contributed by atoms with Gasteiger partial charge in [-0.3, -0.25) is 4.68 Å². The van der Waals surface area contributed by atoms with Crippen molar-refractivity contribution in [2.75, 3.05) is 0 Å². The van der Waals surface area contributed by atoms with Crippen LogP contribution in [0.5, 0.6) is 0 Å². The highest BCUT2D eigenvalue weighted by molar-refractivity contribution is 5.91. The molecule has 3 aromatic rings. The molecule has 86 valence electrons. The highest BCUT2D eigenvalue weighted by atomic mass is 16.4. The van der Waals surface area contributed by atoms with Crippen molar-refractivity contribution in [1.29, 1.82) is 0 Å². The number of rotatable bonds is 2. The van der Waals surface area contributed by atoms with E-state index in [0.717, 1.165) is 16.6 Å². The van der Waals surface area contributed by atoms with Crippen LogP contribution in [0.4, 0.5) is 0 Å². The molecule has 2 N–H and O–H groups in total. The Morgan fingerprint density at radius 2 is 2.18 bits per heavy atom. The Kier molecular flexibility index (Phi) is 2.19. The molecule has 0 radical (unpaired) electrons. The van der Waals surface area contributed by atoms with Gasteiger partial charge in [-0.05, 0) is 6.07 Å². The quantitative estimate of drug-likeness (QED) is 0.724. The molecule has 0 aliphatic rings. The molecule has 0 aliphatic heterocycles. The minimum absolute atomic E-state index is 0.296. The van der Waals surface area contributed by atoms with Crippen LogP contribution in [0.1, 0.15) is 5.89 Å². The van der Waals surface area contributed by atoms with E-state index in [4.69, 9.17) is 10.2 Å². The van der Waals surface area contributed by atoms with E-state index < -0.39 is 0 Å². The summed E-state index contributed by atoms with van der Waals surface area (Å²) in [6, 6.07) is 8.00. The van der Waals surface area contributed by atoms with Crippen molar-refractivity contribution < 1.29 is 4.42 Å². The van der Waals surface area contributed by atoms with Crippen molar-refractivity contribution in [2.24, 2.45) is 12.8 Å². The Hall–Kier alpha value is -2.14. The SMILES string of the molecule is Cn1nc(-c2cnc(CN)o2)c2ccccc21.